The summed E-state index contributed by atoms with van der Waals surface area (Å²) in [7, 11) is 0. The highest BCUT2D eigenvalue weighted by atomic mass is 79.9. The first kappa shape index (κ1) is 15.3. The van der Waals surface area contributed by atoms with E-state index < -0.39 is 5.97 Å². The van der Waals surface area contributed by atoms with Crippen molar-refractivity contribution in [1.29, 1.82) is 0 Å². The molecule has 1 aromatic carbocycles. The number of aliphatic carboxylic acids is 1. The Labute approximate surface area is 127 Å². The summed E-state index contributed by atoms with van der Waals surface area (Å²) in [5, 5.41) is 12.0. The van der Waals surface area contributed by atoms with E-state index in [0.717, 1.165) is 24.1 Å². The standard InChI is InChI=1S/C14H19BrN2O3/c15-11-1-3-13(4-2-11)17-7-6-16-12(9-17)10-20-8-5-14(18)19/h1-4,12,16H,5-10H2,(H,18,19). The Balaban J connectivity index is 1.79. The van der Waals surface area contributed by atoms with Crippen LogP contribution in [-0.2, 0) is 9.53 Å². The number of carboxylic acid groups (broad SMARTS) is 1. The van der Waals surface area contributed by atoms with Crippen LogP contribution in [0.1, 0.15) is 6.42 Å². The fourth-order valence-electron chi connectivity index (χ4n) is 2.21. The number of rotatable bonds is 6. The fraction of sp³-hybridized carbons (Fsp3) is 0.500. The van der Waals surface area contributed by atoms with Gasteiger partial charge in [-0.3, -0.25) is 4.79 Å². The predicted molar refractivity (Wildman–Crippen MR) is 81.2 cm³/mol. The monoisotopic (exact) mass is 342 g/mol. The number of halogens is 1. The zero-order valence-corrected chi connectivity index (χ0v) is 12.8. The first-order valence-corrected chi connectivity index (χ1v) is 7.48. The lowest BCUT2D eigenvalue weighted by Crippen LogP contribution is -2.52. The molecule has 1 unspecified atom stereocenters. The lowest BCUT2D eigenvalue weighted by molar-refractivity contribution is -0.138. The van der Waals surface area contributed by atoms with Crippen LogP contribution in [0, 0.1) is 0 Å². The molecule has 0 amide bonds. The molecule has 0 aliphatic carbocycles. The summed E-state index contributed by atoms with van der Waals surface area (Å²) in [6, 6.07) is 8.50. The van der Waals surface area contributed by atoms with Crippen molar-refractivity contribution >= 4 is 27.6 Å². The lowest BCUT2D eigenvalue weighted by Gasteiger charge is -2.35. The summed E-state index contributed by atoms with van der Waals surface area (Å²) in [5.74, 6) is -0.821. The highest BCUT2D eigenvalue weighted by Gasteiger charge is 2.19. The summed E-state index contributed by atoms with van der Waals surface area (Å²) in [4.78, 5) is 12.7. The molecule has 0 saturated carbocycles. The molecule has 5 nitrogen and oxygen atoms in total. The zero-order valence-electron chi connectivity index (χ0n) is 11.2. The largest absolute Gasteiger partial charge is 0.481 e. The second kappa shape index (κ2) is 7.61. The van der Waals surface area contributed by atoms with Gasteiger partial charge in [-0.15, -0.1) is 0 Å². The highest BCUT2D eigenvalue weighted by molar-refractivity contribution is 9.10. The van der Waals surface area contributed by atoms with E-state index in [1.807, 2.05) is 12.1 Å². The second-order valence-electron chi connectivity index (χ2n) is 4.79. The Hall–Kier alpha value is -1.11. The number of carbonyl (C=O) groups is 1. The van der Waals surface area contributed by atoms with Gasteiger partial charge in [-0.25, -0.2) is 0 Å². The van der Waals surface area contributed by atoms with Gasteiger partial charge < -0.3 is 20.1 Å². The van der Waals surface area contributed by atoms with Gasteiger partial charge in [0.05, 0.1) is 19.6 Å². The van der Waals surface area contributed by atoms with Crippen LogP contribution in [0.5, 0.6) is 0 Å². The smallest absolute Gasteiger partial charge is 0.305 e. The molecule has 6 heteroatoms. The maximum atomic E-state index is 10.4. The van der Waals surface area contributed by atoms with E-state index in [1.54, 1.807) is 0 Å². The molecule has 2 N–H and O–H groups in total. The third kappa shape index (κ3) is 4.77. The minimum Gasteiger partial charge on any atom is -0.481 e. The Bertz CT molecular complexity index is 439. The van der Waals surface area contributed by atoms with Gasteiger partial charge in [-0.05, 0) is 24.3 Å². The Morgan fingerprint density at radius 3 is 2.90 bits per heavy atom. The van der Waals surface area contributed by atoms with E-state index in [1.165, 1.54) is 5.69 Å². The minimum absolute atomic E-state index is 0.0587. The van der Waals surface area contributed by atoms with Crippen molar-refractivity contribution in [2.75, 3.05) is 37.7 Å². The summed E-state index contributed by atoms with van der Waals surface area (Å²) in [6.45, 7) is 3.55. The van der Waals surface area contributed by atoms with Crippen LogP contribution in [0.4, 0.5) is 5.69 Å². The van der Waals surface area contributed by atoms with E-state index in [0.29, 0.717) is 6.61 Å². The first-order chi connectivity index (χ1) is 9.65. The van der Waals surface area contributed by atoms with Gasteiger partial charge >= 0.3 is 5.97 Å². The Kier molecular flexibility index (Phi) is 5.82. The Morgan fingerprint density at radius 2 is 2.20 bits per heavy atom. The van der Waals surface area contributed by atoms with Gasteiger partial charge in [0.2, 0.25) is 0 Å². The number of piperazine rings is 1. The minimum atomic E-state index is -0.821. The van der Waals surface area contributed by atoms with Crippen LogP contribution in [-0.4, -0.2) is 50.0 Å². The maximum Gasteiger partial charge on any atom is 0.305 e. The molecule has 1 heterocycles. The maximum absolute atomic E-state index is 10.4. The fourth-order valence-corrected chi connectivity index (χ4v) is 2.47. The average Bonchev–Trinajstić information content (AvgIpc) is 2.44. The molecule has 0 spiro atoms. The molecule has 0 aromatic heterocycles. The molecule has 0 radical (unpaired) electrons. The van der Waals surface area contributed by atoms with Crippen molar-refractivity contribution in [1.82, 2.24) is 5.32 Å². The molecule has 1 aliphatic rings. The van der Waals surface area contributed by atoms with Crippen molar-refractivity contribution in [3.63, 3.8) is 0 Å². The molecule has 1 fully saturated rings. The highest BCUT2D eigenvalue weighted by Crippen LogP contribution is 2.19. The van der Waals surface area contributed by atoms with Gasteiger partial charge in [0, 0.05) is 35.8 Å². The molecule has 0 bridgehead atoms. The number of hydrogen-bond acceptors (Lipinski definition) is 4. The number of ether oxygens (including phenoxy) is 1. The normalized spacial score (nSPS) is 19.1. The predicted octanol–water partition coefficient (Wildman–Crippen LogP) is 1.72. The van der Waals surface area contributed by atoms with Crippen molar-refractivity contribution in [2.24, 2.45) is 0 Å². The summed E-state index contributed by atoms with van der Waals surface area (Å²) < 4.78 is 6.48. The van der Waals surface area contributed by atoms with Crippen LogP contribution < -0.4 is 10.2 Å². The third-order valence-electron chi connectivity index (χ3n) is 3.23. The molecule has 1 atom stereocenters. The summed E-state index contributed by atoms with van der Waals surface area (Å²) in [5.41, 5.74) is 1.20. The van der Waals surface area contributed by atoms with Gasteiger partial charge in [-0.2, -0.15) is 0 Å². The molecule has 1 saturated heterocycles. The van der Waals surface area contributed by atoms with Crippen molar-refractivity contribution in [3.8, 4) is 0 Å². The lowest BCUT2D eigenvalue weighted by atomic mass is 10.2. The van der Waals surface area contributed by atoms with Crippen LogP contribution in [0.2, 0.25) is 0 Å². The molecular weight excluding hydrogens is 324 g/mol. The number of carboxylic acids is 1. The van der Waals surface area contributed by atoms with Gasteiger partial charge in [-0.1, -0.05) is 15.9 Å². The first-order valence-electron chi connectivity index (χ1n) is 6.68. The van der Waals surface area contributed by atoms with E-state index >= 15 is 0 Å². The number of nitrogens with one attached hydrogen (secondary N) is 1. The summed E-state index contributed by atoms with van der Waals surface area (Å²) >= 11 is 3.44. The van der Waals surface area contributed by atoms with E-state index in [4.69, 9.17) is 9.84 Å². The Morgan fingerprint density at radius 1 is 1.45 bits per heavy atom. The quantitative estimate of drug-likeness (QED) is 0.771. The van der Waals surface area contributed by atoms with Gasteiger partial charge in [0.25, 0.3) is 0 Å². The van der Waals surface area contributed by atoms with Crippen molar-refractivity contribution in [3.05, 3.63) is 28.7 Å². The SMILES string of the molecule is O=C(O)CCOCC1CN(c2ccc(Br)cc2)CCN1. The second-order valence-corrected chi connectivity index (χ2v) is 5.71. The van der Waals surface area contributed by atoms with E-state index in [-0.39, 0.29) is 19.1 Å². The molecule has 1 aliphatic heterocycles. The zero-order chi connectivity index (χ0) is 14.4. The number of anilines is 1. The summed E-state index contributed by atoms with van der Waals surface area (Å²) in [6.07, 6.45) is 0.0587. The van der Waals surface area contributed by atoms with Gasteiger partial charge in [0.1, 0.15) is 0 Å². The molecule has 110 valence electrons. The van der Waals surface area contributed by atoms with Crippen molar-refractivity contribution in [2.45, 2.75) is 12.5 Å². The third-order valence-corrected chi connectivity index (χ3v) is 3.76. The van der Waals surface area contributed by atoms with Gasteiger partial charge in [0.15, 0.2) is 0 Å². The number of hydrogen-bond donors (Lipinski definition) is 2. The molecule has 1 aromatic rings. The van der Waals surface area contributed by atoms with Crippen molar-refractivity contribution < 1.29 is 14.6 Å². The number of nitrogens with zero attached hydrogens (tertiary/aromatic N) is 1. The molecule has 2 rings (SSSR count). The van der Waals surface area contributed by atoms with Crippen LogP contribution >= 0.6 is 15.9 Å². The van der Waals surface area contributed by atoms with Crippen LogP contribution in [0.3, 0.4) is 0 Å². The number of benzene rings is 1. The molecular formula is C14H19BrN2O3. The van der Waals surface area contributed by atoms with E-state index in [9.17, 15) is 4.79 Å². The average molecular weight is 343 g/mol. The van der Waals surface area contributed by atoms with Crippen LogP contribution in [0.25, 0.3) is 0 Å². The van der Waals surface area contributed by atoms with Crippen LogP contribution in [0.15, 0.2) is 28.7 Å². The van der Waals surface area contributed by atoms with E-state index in [2.05, 4.69) is 38.3 Å². The molecule has 20 heavy (non-hydrogen) atoms. The topological polar surface area (TPSA) is 61.8 Å².